The molecule has 0 spiro atoms. The third-order valence-corrected chi connectivity index (χ3v) is 2.93. The van der Waals surface area contributed by atoms with E-state index in [1.165, 1.54) is 0 Å². The van der Waals surface area contributed by atoms with E-state index in [4.69, 9.17) is 15.9 Å². The molecule has 0 unspecified atom stereocenters. The van der Waals surface area contributed by atoms with Crippen LogP contribution in [-0.2, 0) is 4.79 Å². The molecule has 1 amide bonds. The van der Waals surface area contributed by atoms with E-state index >= 15 is 0 Å². The first kappa shape index (κ1) is 10.8. The molecule has 1 aromatic rings. The number of fused-ring (bicyclic) bond motifs is 2. The molecule has 92 valence electrons. The van der Waals surface area contributed by atoms with Crippen LogP contribution in [0.3, 0.4) is 0 Å². The van der Waals surface area contributed by atoms with Gasteiger partial charge in [-0.05, 0) is 0 Å². The number of terminal acetylenes is 1. The molecule has 0 bridgehead atoms. The van der Waals surface area contributed by atoms with Crippen molar-refractivity contribution in [2.75, 3.05) is 36.5 Å². The maximum absolute atomic E-state index is 11.8. The maximum atomic E-state index is 11.8. The predicted octanol–water partition coefficient (Wildman–Crippen LogP) is 0.849. The van der Waals surface area contributed by atoms with Crippen LogP contribution in [0.5, 0.6) is 11.5 Å². The van der Waals surface area contributed by atoms with Gasteiger partial charge in [0.25, 0.3) is 0 Å². The van der Waals surface area contributed by atoms with Crippen molar-refractivity contribution in [1.82, 2.24) is 0 Å². The Labute approximate surface area is 105 Å². The second-order valence-corrected chi connectivity index (χ2v) is 4.05. The first-order valence-electron chi connectivity index (χ1n) is 5.71. The minimum Gasteiger partial charge on any atom is -0.486 e. The second kappa shape index (κ2) is 4.15. The Morgan fingerprint density at radius 3 is 2.78 bits per heavy atom. The number of hydrogen-bond acceptors (Lipinski definition) is 4. The van der Waals surface area contributed by atoms with Crippen LogP contribution in [-0.4, -0.2) is 32.2 Å². The van der Waals surface area contributed by atoms with Gasteiger partial charge in [0.05, 0.1) is 24.5 Å². The minimum absolute atomic E-state index is 0.0443. The molecule has 2 aliphatic heterocycles. The van der Waals surface area contributed by atoms with Gasteiger partial charge in [-0.15, -0.1) is 6.42 Å². The normalized spacial score (nSPS) is 16.6. The topological polar surface area (TPSA) is 50.8 Å². The van der Waals surface area contributed by atoms with Crippen LogP contribution in [0, 0.1) is 12.3 Å². The van der Waals surface area contributed by atoms with Gasteiger partial charge in [0.1, 0.15) is 13.2 Å². The first-order chi connectivity index (χ1) is 8.79. The zero-order valence-corrected chi connectivity index (χ0v) is 9.73. The van der Waals surface area contributed by atoms with Crippen LogP contribution in [0.15, 0.2) is 12.1 Å². The van der Waals surface area contributed by atoms with E-state index in [9.17, 15) is 4.79 Å². The number of hydrogen-bond donors (Lipinski definition) is 1. The zero-order chi connectivity index (χ0) is 12.5. The number of nitrogens with zero attached hydrogens (tertiary/aromatic N) is 1. The molecule has 0 atom stereocenters. The molecule has 2 heterocycles. The Morgan fingerprint density at radius 2 is 2.06 bits per heavy atom. The fourth-order valence-electron chi connectivity index (χ4n) is 2.11. The second-order valence-electron chi connectivity index (χ2n) is 4.05. The lowest BCUT2D eigenvalue weighted by molar-refractivity contribution is -0.117. The van der Waals surface area contributed by atoms with Crippen LogP contribution in [0.2, 0.25) is 0 Å². The number of nitrogens with one attached hydrogen (secondary N) is 1. The fourth-order valence-corrected chi connectivity index (χ4v) is 2.11. The smallest absolute Gasteiger partial charge is 0.247 e. The molecule has 0 saturated heterocycles. The van der Waals surface area contributed by atoms with Crippen molar-refractivity contribution >= 4 is 17.3 Å². The van der Waals surface area contributed by atoms with E-state index in [0.717, 1.165) is 11.4 Å². The maximum Gasteiger partial charge on any atom is 0.247 e. The molecule has 5 heteroatoms. The van der Waals surface area contributed by atoms with Crippen molar-refractivity contribution in [3.05, 3.63) is 12.1 Å². The average molecular weight is 244 g/mol. The number of ether oxygens (including phenoxy) is 2. The lowest BCUT2D eigenvalue weighted by atomic mass is 10.1. The SMILES string of the molecule is C#CCN1C(=O)CNc2cc3c(cc21)OCCO3. The molecule has 1 N–H and O–H groups in total. The highest BCUT2D eigenvalue weighted by Gasteiger charge is 2.26. The number of carbonyl (C=O) groups excluding carboxylic acids is 1. The summed E-state index contributed by atoms with van der Waals surface area (Å²) in [6.07, 6.45) is 5.30. The van der Waals surface area contributed by atoms with E-state index in [1.54, 1.807) is 11.0 Å². The molecule has 0 radical (unpaired) electrons. The van der Waals surface area contributed by atoms with E-state index in [0.29, 0.717) is 24.7 Å². The number of rotatable bonds is 1. The molecule has 2 aliphatic rings. The van der Waals surface area contributed by atoms with Gasteiger partial charge < -0.3 is 14.8 Å². The standard InChI is InChI=1S/C13H12N2O3/c1-2-3-15-10-7-12-11(17-4-5-18-12)6-9(10)14-8-13(15)16/h1,6-7,14H,3-5,8H2. The third kappa shape index (κ3) is 1.63. The Hall–Kier alpha value is -2.35. The number of carbonyl (C=O) groups is 1. The predicted molar refractivity (Wildman–Crippen MR) is 67.1 cm³/mol. The molecule has 18 heavy (non-hydrogen) atoms. The summed E-state index contributed by atoms with van der Waals surface area (Å²) >= 11 is 0. The summed E-state index contributed by atoms with van der Waals surface area (Å²) in [4.78, 5) is 13.4. The summed E-state index contributed by atoms with van der Waals surface area (Å²) in [6, 6.07) is 3.64. The lowest BCUT2D eigenvalue weighted by Crippen LogP contribution is -2.40. The van der Waals surface area contributed by atoms with Crippen molar-refractivity contribution in [3.63, 3.8) is 0 Å². The van der Waals surface area contributed by atoms with Gasteiger partial charge in [0, 0.05) is 12.1 Å². The van der Waals surface area contributed by atoms with Crippen molar-refractivity contribution in [2.24, 2.45) is 0 Å². The highest BCUT2D eigenvalue weighted by molar-refractivity contribution is 6.03. The monoisotopic (exact) mass is 244 g/mol. The van der Waals surface area contributed by atoms with E-state index in [-0.39, 0.29) is 19.0 Å². The minimum atomic E-state index is -0.0443. The van der Waals surface area contributed by atoms with Gasteiger partial charge in [-0.3, -0.25) is 9.69 Å². The summed E-state index contributed by atoms with van der Waals surface area (Å²) in [5.74, 6) is 3.80. The Morgan fingerprint density at radius 1 is 1.33 bits per heavy atom. The first-order valence-corrected chi connectivity index (χ1v) is 5.71. The molecule has 1 aromatic carbocycles. The zero-order valence-electron chi connectivity index (χ0n) is 9.73. The van der Waals surface area contributed by atoms with Crippen LogP contribution in [0.25, 0.3) is 0 Å². The van der Waals surface area contributed by atoms with Crippen molar-refractivity contribution in [1.29, 1.82) is 0 Å². The Balaban J connectivity index is 2.07. The van der Waals surface area contributed by atoms with Crippen molar-refractivity contribution in [3.8, 4) is 23.8 Å². The Bertz CT molecular complexity index is 548. The largest absolute Gasteiger partial charge is 0.486 e. The van der Waals surface area contributed by atoms with Crippen molar-refractivity contribution in [2.45, 2.75) is 0 Å². The third-order valence-electron chi connectivity index (χ3n) is 2.93. The molecule has 5 nitrogen and oxygen atoms in total. The summed E-state index contributed by atoms with van der Waals surface area (Å²) in [7, 11) is 0. The summed E-state index contributed by atoms with van der Waals surface area (Å²) in [5.41, 5.74) is 1.59. The van der Waals surface area contributed by atoms with Crippen LogP contribution in [0.4, 0.5) is 11.4 Å². The molecule has 0 saturated carbocycles. The van der Waals surface area contributed by atoms with Gasteiger partial charge in [-0.25, -0.2) is 0 Å². The fraction of sp³-hybridized carbons (Fsp3) is 0.308. The van der Waals surface area contributed by atoms with Gasteiger partial charge in [0.2, 0.25) is 5.91 Å². The molecule has 0 aliphatic carbocycles. The average Bonchev–Trinajstić information content (AvgIpc) is 2.40. The van der Waals surface area contributed by atoms with E-state index in [1.807, 2.05) is 6.07 Å². The van der Waals surface area contributed by atoms with Gasteiger partial charge in [-0.1, -0.05) is 5.92 Å². The molecule has 0 aromatic heterocycles. The van der Waals surface area contributed by atoms with Gasteiger partial charge in [-0.2, -0.15) is 0 Å². The van der Waals surface area contributed by atoms with Crippen LogP contribution in [0.1, 0.15) is 0 Å². The van der Waals surface area contributed by atoms with E-state index in [2.05, 4.69) is 11.2 Å². The number of anilines is 2. The summed E-state index contributed by atoms with van der Waals surface area (Å²) < 4.78 is 11.0. The van der Waals surface area contributed by atoms with Crippen molar-refractivity contribution < 1.29 is 14.3 Å². The molecule has 3 rings (SSSR count). The molecule has 0 fully saturated rings. The van der Waals surface area contributed by atoms with Crippen LogP contribution >= 0.6 is 0 Å². The summed E-state index contributed by atoms with van der Waals surface area (Å²) in [5, 5.41) is 3.06. The number of amides is 1. The van der Waals surface area contributed by atoms with Gasteiger partial charge in [0.15, 0.2) is 11.5 Å². The lowest BCUT2D eigenvalue weighted by Gasteiger charge is -2.30. The number of benzene rings is 1. The highest BCUT2D eigenvalue weighted by atomic mass is 16.6. The molecular formula is C13H12N2O3. The quantitative estimate of drug-likeness (QED) is 0.744. The van der Waals surface area contributed by atoms with E-state index < -0.39 is 0 Å². The van der Waals surface area contributed by atoms with Crippen LogP contribution < -0.4 is 19.7 Å². The van der Waals surface area contributed by atoms with Gasteiger partial charge >= 0.3 is 0 Å². The Kier molecular flexibility index (Phi) is 2.49. The summed E-state index contributed by atoms with van der Waals surface area (Å²) in [6.45, 7) is 1.56. The molecular weight excluding hydrogens is 232 g/mol. The highest BCUT2D eigenvalue weighted by Crippen LogP contribution is 2.41.